The largest absolute Gasteiger partial charge is 0.497 e. The van der Waals surface area contributed by atoms with Crippen molar-refractivity contribution in [1.82, 2.24) is 4.57 Å². The van der Waals surface area contributed by atoms with Crippen LogP contribution in [0.1, 0.15) is 43.9 Å². The number of benzene rings is 2. The van der Waals surface area contributed by atoms with Gasteiger partial charge in [-0.2, -0.15) is 0 Å². The summed E-state index contributed by atoms with van der Waals surface area (Å²) in [6, 6.07) is 7.28. The first-order valence-corrected chi connectivity index (χ1v) is 14.5. The van der Waals surface area contributed by atoms with Gasteiger partial charge in [-0.15, -0.1) is 0 Å². The second-order valence-corrected chi connectivity index (χ2v) is 10.8. The molecule has 13 heteroatoms. The molecule has 0 unspecified atom stereocenters. The number of nitrogens with zero attached hydrogens (tertiary/aromatic N) is 2. The minimum Gasteiger partial charge on any atom is -0.497 e. The highest BCUT2D eigenvalue weighted by atomic mass is 35.5. The number of fused-ring (bicyclic) bond motifs is 1. The van der Waals surface area contributed by atoms with Gasteiger partial charge < -0.3 is 24.1 Å². The summed E-state index contributed by atoms with van der Waals surface area (Å²) in [6.45, 7) is 3.21. The Kier molecular flexibility index (Phi) is 9.97. The monoisotopic (exact) mass is 634 g/mol. The van der Waals surface area contributed by atoms with Gasteiger partial charge in [0.15, 0.2) is 17.2 Å². The number of rotatable bonds is 11. The Labute approximate surface area is 255 Å². The lowest BCUT2D eigenvalue weighted by Crippen LogP contribution is -2.40. The van der Waals surface area contributed by atoms with Gasteiger partial charge in [0.05, 0.1) is 46.7 Å². The molecule has 0 fully saturated rings. The number of allylic oxidation sites excluding steroid dienone is 1. The molecule has 0 saturated heterocycles. The molecule has 0 saturated carbocycles. The molecule has 0 radical (unpaired) electrons. The predicted octanol–water partition coefficient (Wildman–Crippen LogP) is 4.37. The molecule has 42 heavy (non-hydrogen) atoms. The van der Waals surface area contributed by atoms with Gasteiger partial charge in [-0.3, -0.25) is 9.36 Å². The quantitative estimate of drug-likeness (QED) is 0.308. The van der Waals surface area contributed by atoms with Crippen molar-refractivity contribution in [2.24, 2.45) is 4.99 Å². The van der Waals surface area contributed by atoms with Gasteiger partial charge >= 0.3 is 11.9 Å². The van der Waals surface area contributed by atoms with Crippen LogP contribution in [0, 0.1) is 0 Å². The molecule has 0 bridgehead atoms. The average molecular weight is 636 g/mol. The van der Waals surface area contributed by atoms with Crippen LogP contribution in [0.4, 0.5) is 0 Å². The van der Waals surface area contributed by atoms with Crippen molar-refractivity contribution < 1.29 is 33.6 Å². The van der Waals surface area contributed by atoms with Gasteiger partial charge in [-0.25, -0.2) is 14.6 Å². The van der Waals surface area contributed by atoms with Gasteiger partial charge in [0.1, 0.15) is 17.5 Å². The number of esters is 1. The molecule has 0 amide bonds. The van der Waals surface area contributed by atoms with Crippen LogP contribution < -0.4 is 29.1 Å². The lowest BCUT2D eigenvalue weighted by molar-refractivity contribution is -0.140. The van der Waals surface area contributed by atoms with Gasteiger partial charge in [0.25, 0.3) is 5.56 Å². The number of carbonyl (C=O) groups is 2. The number of ether oxygens (including phenoxy) is 4. The Morgan fingerprint density at radius 2 is 1.83 bits per heavy atom. The molecule has 1 aromatic heterocycles. The second kappa shape index (κ2) is 13.5. The topological polar surface area (TPSA) is 126 Å². The van der Waals surface area contributed by atoms with Crippen LogP contribution >= 0.6 is 34.5 Å². The summed E-state index contributed by atoms with van der Waals surface area (Å²) >= 11 is 13.8. The molecule has 4 rings (SSSR count). The van der Waals surface area contributed by atoms with E-state index in [1.54, 1.807) is 31.2 Å². The van der Waals surface area contributed by atoms with Gasteiger partial charge in [0.2, 0.25) is 0 Å². The van der Waals surface area contributed by atoms with E-state index >= 15 is 0 Å². The lowest BCUT2D eigenvalue weighted by atomic mass is 9.93. The summed E-state index contributed by atoms with van der Waals surface area (Å²) < 4.78 is 23.5. The van der Waals surface area contributed by atoms with E-state index in [2.05, 4.69) is 0 Å². The number of aliphatic carboxylic acids is 1. The second-order valence-electron chi connectivity index (χ2n) is 9.02. The Morgan fingerprint density at radius 1 is 1.12 bits per heavy atom. The molecule has 1 aliphatic rings. The molecule has 2 heterocycles. The lowest BCUT2D eigenvalue weighted by Gasteiger charge is -2.27. The van der Waals surface area contributed by atoms with Crippen molar-refractivity contribution in [3.63, 3.8) is 0 Å². The third kappa shape index (κ3) is 6.33. The highest BCUT2D eigenvalue weighted by molar-refractivity contribution is 7.07. The smallest absolute Gasteiger partial charge is 0.341 e. The average Bonchev–Trinajstić information content (AvgIpc) is 3.25. The number of halogens is 2. The van der Waals surface area contributed by atoms with Crippen LogP contribution in [0.3, 0.4) is 0 Å². The highest BCUT2D eigenvalue weighted by Crippen LogP contribution is 2.39. The number of carboxylic acid groups (broad SMARTS) is 1. The molecular formula is C29H28Cl2N2O8S. The number of hydrogen-bond donors (Lipinski definition) is 1. The highest BCUT2D eigenvalue weighted by Gasteiger charge is 2.36. The number of carboxylic acids is 1. The van der Waals surface area contributed by atoms with Gasteiger partial charge in [-0.1, -0.05) is 47.9 Å². The van der Waals surface area contributed by atoms with Crippen LogP contribution in [0.15, 0.2) is 51.4 Å². The van der Waals surface area contributed by atoms with Crippen molar-refractivity contribution in [2.75, 3.05) is 27.4 Å². The summed E-state index contributed by atoms with van der Waals surface area (Å²) in [5.74, 6) is -0.776. The van der Waals surface area contributed by atoms with Crippen molar-refractivity contribution in [3.05, 3.63) is 82.5 Å². The number of hydrogen-bond acceptors (Lipinski definition) is 9. The molecule has 3 aromatic rings. The standard InChI is InChI=1S/C29H28Cl2N2O8S/c1-5-7-20-24(28(37)40-6-2)25(17-13-16(38-3)8-9-21(17)39-4)33-27(36)22(42-29(33)32-20)12-15-10-18(30)26(19(31)11-15)41-14-23(34)35/h8-13,25H,5-7,14H2,1-4H3,(H,34,35)/b22-12-/t25-/m0/s1. The van der Waals surface area contributed by atoms with E-state index in [1.807, 2.05) is 6.92 Å². The van der Waals surface area contributed by atoms with Crippen molar-refractivity contribution in [2.45, 2.75) is 32.7 Å². The van der Waals surface area contributed by atoms with E-state index in [1.165, 1.54) is 30.9 Å². The first-order chi connectivity index (χ1) is 20.1. The molecular weight excluding hydrogens is 607 g/mol. The van der Waals surface area contributed by atoms with Gasteiger partial charge in [-0.05, 0) is 55.3 Å². The van der Waals surface area contributed by atoms with Gasteiger partial charge in [0, 0.05) is 5.56 Å². The Morgan fingerprint density at radius 3 is 2.43 bits per heavy atom. The number of thiazole rings is 1. The fourth-order valence-corrected chi connectivity index (χ4v) is 6.19. The van der Waals surface area contributed by atoms with Crippen LogP contribution in [-0.4, -0.2) is 49.0 Å². The third-order valence-corrected chi connectivity index (χ3v) is 7.83. The first kappa shape index (κ1) is 31.1. The maximum absolute atomic E-state index is 14.0. The van der Waals surface area contributed by atoms with Crippen LogP contribution in [0.2, 0.25) is 10.0 Å². The minimum absolute atomic E-state index is 0.0211. The summed E-state index contributed by atoms with van der Waals surface area (Å²) in [6.07, 6.45) is 2.77. The van der Waals surface area contributed by atoms with E-state index in [9.17, 15) is 14.4 Å². The van der Waals surface area contributed by atoms with Crippen molar-refractivity contribution in [1.29, 1.82) is 0 Å². The zero-order valence-electron chi connectivity index (χ0n) is 23.2. The maximum Gasteiger partial charge on any atom is 0.341 e. The molecule has 2 aromatic carbocycles. The van der Waals surface area contributed by atoms with E-state index in [4.69, 9.17) is 52.2 Å². The van der Waals surface area contributed by atoms with Crippen LogP contribution in [0.25, 0.3) is 6.08 Å². The molecule has 222 valence electrons. The summed E-state index contributed by atoms with van der Waals surface area (Å²) in [7, 11) is 3.03. The minimum atomic E-state index is -1.18. The molecule has 1 atom stereocenters. The fraction of sp³-hybridized carbons (Fsp3) is 0.310. The zero-order chi connectivity index (χ0) is 30.6. The van der Waals surface area contributed by atoms with E-state index in [0.717, 1.165) is 11.3 Å². The normalized spacial score (nSPS) is 14.7. The van der Waals surface area contributed by atoms with E-state index in [-0.39, 0.29) is 28.0 Å². The zero-order valence-corrected chi connectivity index (χ0v) is 25.6. The number of carbonyl (C=O) groups excluding carboxylic acids is 1. The molecule has 1 N–H and O–H groups in total. The Hall–Kier alpha value is -3.80. The molecule has 0 spiro atoms. The molecule has 0 aliphatic carbocycles. The van der Waals surface area contributed by atoms with Crippen molar-refractivity contribution in [3.8, 4) is 17.2 Å². The SMILES string of the molecule is CCCC1=C(C(=O)OCC)[C@H](c2cc(OC)ccc2OC)n2c(s/c(=C\c3cc(Cl)c(OCC(=O)O)c(Cl)c3)c2=O)=N1. The third-order valence-electron chi connectivity index (χ3n) is 6.28. The van der Waals surface area contributed by atoms with Crippen molar-refractivity contribution >= 4 is 52.6 Å². The predicted molar refractivity (Wildman–Crippen MR) is 159 cm³/mol. The van der Waals surface area contributed by atoms with E-state index < -0.39 is 30.1 Å². The van der Waals surface area contributed by atoms with Crippen LogP contribution in [-0.2, 0) is 14.3 Å². The summed E-state index contributed by atoms with van der Waals surface area (Å²) in [4.78, 5) is 43.5. The van der Waals surface area contributed by atoms with Crippen LogP contribution in [0.5, 0.6) is 17.2 Å². The number of methoxy groups -OCH3 is 2. The first-order valence-electron chi connectivity index (χ1n) is 12.9. The molecule has 1 aliphatic heterocycles. The fourth-order valence-electron chi connectivity index (χ4n) is 4.55. The summed E-state index contributed by atoms with van der Waals surface area (Å²) in [5, 5.41) is 9.07. The maximum atomic E-state index is 14.0. The summed E-state index contributed by atoms with van der Waals surface area (Å²) in [5.41, 5.74) is 1.36. The van der Waals surface area contributed by atoms with E-state index in [0.29, 0.717) is 50.5 Å². The number of aromatic nitrogens is 1. The Balaban J connectivity index is 1.97. The Bertz CT molecular complexity index is 1720. The molecule has 10 nitrogen and oxygen atoms in total.